The Bertz CT molecular complexity index is 155. The van der Waals surface area contributed by atoms with Crippen LogP contribution in [0.25, 0.3) is 0 Å². The fraction of sp³-hybridized carbons (Fsp3) is 1.00. The lowest BCUT2D eigenvalue weighted by Gasteiger charge is -2.63. The summed E-state index contributed by atoms with van der Waals surface area (Å²) in [7, 11) is 0. The average molecular weight is 136 g/mol. The standard InChI is InChI=1S/C10H16/c1-6-2-3-7-4-8-5-9(6)10(7)8/h6-10H,2-5H2,1H3. The fourth-order valence-corrected chi connectivity index (χ4v) is 3.77. The molecule has 3 saturated carbocycles. The topological polar surface area (TPSA) is 0 Å². The molecule has 0 bridgehead atoms. The maximum Gasteiger partial charge on any atom is -0.0326 e. The number of hydrogen-bond donors (Lipinski definition) is 0. The molecular weight excluding hydrogens is 120 g/mol. The van der Waals surface area contributed by atoms with Gasteiger partial charge in [-0.05, 0) is 48.9 Å². The van der Waals surface area contributed by atoms with E-state index >= 15 is 0 Å². The largest absolute Gasteiger partial charge is 0.0622 e. The Kier molecular flexibility index (Phi) is 0.898. The van der Waals surface area contributed by atoms with Crippen molar-refractivity contribution in [1.29, 1.82) is 0 Å². The normalized spacial score (nSPS) is 63.9. The summed E-state index contributed by atoms with van der Waals surface area (Å²) in [5.41, 5.74) is 0. The zero-order chi connectivity index (χ0) is 6.72. The molecule has 0 aliphatic heterocycles. The molecule has 0 radical (unpaired) electrons. The van der Waals surface area contributed by atoms with Crippen LogP contribution in [-0.4, -0.2) is 0 Å². The Hall–Kier alpha value is 0. The molecule has 10 heavy (non-hydrogen) atoms. The average Bonchev–Trinajstić information content (AvgIpc) is 1.85. The van der Waals surface area contributed by atoms with E-state index in [9.17, 15) is 0 Å². The Balaban J connectivity index is 1.83. The van der Waals surface area contributed by atoms with Crippen LogP contribution in [0.2, 0.25) is 0 Å². The predicted molar refractivity (Wildman–Crippen MR) is 41.6 cm³/mol. The lowest BCUT2D eigenvalue weighted by atomic mass is 9.42. The van der Waals surface area contributed by atoms with Gasteiger partial charge in [-0.25, -0.2) is 0 Å². The zero-order valence-corrected chi connectivity index (χ0v) is 6.72. The maximum atomic E-state index is 2.47. The Morgan fingerprint density at radius 1 is 1.00 bits per heavy atom. The van der Waals surface area contributed by atoms with Crippen LogP contribution in [0.1, 0.15) is 32.6 Å². The molecule has 56 valence electrons. The fourth-order valence-electron chi connectivity index (χ4n) is 3.77. The highest BCUT2D eigenvalue weighted by atomic mass is 14.6. The van der Waals surface area contributed by atoms with E-state index in [2.05, 4.69) is 6.92 Å². The molecule has 0 heteroatoms. The van der Waals surface area contributed by atoms with Crippen molar-refractivity contribution in [2.75, 3.05) is 0 Å². The molecule has 0 amide bonds. The number of hydrogen-bond acceptors (Lipinski definition) is 0. The van der Waals surface area contributed by atoms with Crippen molar-refractivity contribution in [2.45, 2.75) is 32.6 Å². The summed E-state index contributed by atoms with van der Waals surface area (Å²) in [6.07, 6.45) is 6.31. The first-order valence-electron chi connectivity index (χ1n) is 4.86. The summed E-state index contributed by atoms with van der Waals surface area (Å²) in [5.74, 6) is 5.89. The third kappa shape index (κ3) is 0.466. The molecule has 5 unspecified atom stereocenters. The molecule has 0 nitrogen and oxygen atoms in total. The van der Waals surface area contributed by atoms with Crippen molar-refractivity contribution < 1.29 is 0 Å². The monoisotopic (exact) mass is 136 g/mol. The molecule has 0 N–H and O–H groups in total. The second-order valence-corrected chi connectivity index (χ2v) is 4.79. The molecule has 3 rings (SSSR count). The van der Waals surface area contributed by atoms with Gasteiger partial charge in [0, 0.05) is 0 Å². The van der Waals surface area contributed by atoms with Crippen molar-refractivity contribution in [1.82, 2.24) is 0 Å². The van der Waals surface area contributed by atoms with Gasteiger partial charge in [0.25, 0.3) is 0 Å². The van der Waals surface area contributed by atoms with Crippen LogP contribution in [0, 0.1) is 29.6 Å². The van der Waals surface area contributed by atoms with Gasteiger partial charge in [0.2, 0.25) is 0 Å². The van der Waals surface area contributed by atoms with Gasteiger partial charge in [-0.3, -0.25) is 0 Å². The summed E-state index contributed by atoms with van der Waals surface area (Å²) < 4.78 is 0. The molecule has 0 heterocycles. The van der Waals surface area contributed by atoms with Crippen molar-refractivity contribution in [3.63, 3.8) is 0 Å². The van der Waals surface area contributed by atoms with Crippen molar-refractivity contribution in [3.8, 4) is 0 Å². The van der Waals surface area contributed by atoms with Gasteiger partial charge >= 0.3 is 0 Å². The smallest absolute Gasteiger partial charge is 0.0326 e. The highest BCUT2D eigenvalue weighted by Gasteiger charge is 2.56. The van der Waals surface area contributed by atoms with Crippen LogP contribution in [0.5, 0.6) is 0 Å². The first-order valence-corrected chi connectivity index (χ1v) is 4.86. The highest BCUT2D eigenvalue weighted by molar-refractivity contribution is 5.05. The third-order valence-electron chi connectivity index (χ3n) is 4.49. The molecule has 3 aliphatic rings. The van der Waals surface area contributed by atoms with Crippen molar-refractivity contribution in [3.05, 3.63) is 0 Å². The SMILES string of the molecule is CC1CCC2CC3CC1C23. The van der Waals surface area contributed by atoms with Crippen molar-refractivity contribution in [2.24, 2.45) is 29.6 Å². The van der Waals surface area contributed by atoms with Crippen LogP contribution in [0.15, 0.2) is 0 Å². The molecule has 0 aromatic carbocycles. The van der Waals surface area contributed by atoms with E-state index in [1.165, 1.54) is 23.7 Å². The summed E-state index contributed by atoms with van der Waals surface area (Å²) in [5, 5.41) is 0. The van der Waals surface area contributed by atoms with Crippen LogP contribution in [0.3, 0.4) is 0 Å². The van der Waals surface area contributed by atoms with Gasteiger partial charge in [-0.1, -0.05) is 13.3 Å². The minimum Gasteiger partial charge on any atom is -0.0622 e. The minimum atomic E-state index is 1.08. The van der Waals surface area contributed by atoms with Crippen molar-refractivity contribution >= 4 is 0 Å². The Labute approximate surface area is 63.0 Å². The summed E-state index contributed by atoms with van der Waals surface area (Å²) >= 11 is 0. The molecule has 0 saturated heterocycles. The van der Waals surface area contributed by atoms with E-state index in [1.54, 1.807) is 25.7 Å². The van der Waals surface area contributed by atoms with Gasteiger partial charge in [0.05, 0.1) is 0 Å². The van der Waals surface area contributed by atoms with E-state index in [0.717, 1.165) is 5.92 Å². The lowest BCUT2D eigenvalue weighted by molar-refractivity contribution is -0.144. The quantitative estimate of drug-likeness (QED) is 0.480. The first kappa shape index (κ1) is 5.62. The van der Waals surface area contributed by atoms with Gasteiger partial charge < -0.3 is 0 Å². The highest BCUT2D eigenvalue weighted by Crippen LogP contribution is 2.64. The van der Waals surface area contributed by atoms with Gasteiger partial charge in [0.15, 0.2) is 0 Å². The summed E-state index contributed by atoms with van der Waals surface area (Å²) in [4.78, 5) is 0. The third-order valence-corrected chi connectivity index (χ3v) is 4.49. The first-order chi connectivity index (χ1) is 4.86. The minimum absolute atomic E-state index is 1.08. The van der Waals surface area contributed by atoms with Crippen LogP contribution in [0.4, 0.5) is 0 Å². The van der Waals surface area contributed by atoms with E-state index < -0.39 is 0 Å². The molecule has 3 aliphatic carbocycles. The van der Waals surface area contributed by atoms with Gasteiger partial charge in [-0.2, -0.15) is 0 Å². The molecule has 0 spiro atoms. The van der Waals surface area contributed by atoms with E-state index in [1.807, 2.05) is 0 Å². The summed E-state index contributed by atoms with van der Waals surface area (Å²) in [6, 6.07) is 0. The molecule has 5 atom stereocenters. The summed E-state index contributed by atoms with van der Waals surface area (Å²) in [6.45, 7) is 2.47. The molecule has 0 aromatic heterocycles. The number of rotatable bonds is 0. The van der Waals surface area contributed by atoms with E-state index in [0.29, 0.717) is 0 Å². The van der Waals surface area contributed by atoms with Gasteiger partial charge in [-0.15, -0.1) is 0 Å². The zero-order valence-electron chi connectivity index (χ0n) is 6.72. The van der Waals surface area contributed by atoms with Crippen LogP contribution < -0.4 is 0 Å². The predicted octanol–water partition coefficient (Wildman–Crippen LogP) is 2.69. The van der Waals surface area contributed by atoms with E-state index in [-0.39, 0.29) is 0 Å². The molecule has 0 aromatic rings. The Morgan fingerprint density at radius 2 is 1.90 bits per heavy atom. The molecular formula is C10H16. The van der Waals surface area contributed by atoms with Crippen LogP contribution >= 0.6 is 0 Å². The molecule has 3 fully saturated rings. The maximum absolute atomic E-state index is 2.47. The second-order valence-electron chi connectivity index (χ2n) is 4.79. The second kappa shape index (κ2) is 1.60. The van der Waals surface area contributed by atoms with E-state index in [4.69, 9.17) is 0 Å². The Morgan fingerprint density at radius 3 is 2.60 bits per heavy atom. The lowest BCUT2D eigenvalue weighted by Crippen LogP contribution is -2.56. The van der Waals surface area contributed by atoms with Gasteiger partial charge in [0.1, 0.15) is 0 Å². The van der Waals surface area contributed by atoms with Crippen LogP contribution in [-0.2, 0) is 0 Å².